The van der Waals surface area contributed by atoms with Gasteiger partial charge in [0, 0.05) is 31.1 Å². The molecule has 0 aromatic carbocycles. The van der Waals surface area contributed by atoms with E-state index >= 15 is 0 Å². The van der Waals surface area contributed by atoms with E-state index in [9.17, 15) is 9.59 Å². The third kappa shape index (κ3) is 2.35. The van der Waals surface area contributed by atoms with Crippen LogP contribution in [0.15, 0.2) is 15.5 Å². The Morgan fingerprint density at radius 3 is 2.92 bits per heavy atom. The van der Waals surface area contributed by atoms with Crippen molar-refractivity contribution in [3.8, 4) is 0 Å². The first-order valence-electron chi connectivity index (χ1n) is 9.24. The summed E-state index contributed by atoms with van der Waals surface area (Å²) in [6.07, 6.45) is 5.64. The summed E-state index contributed by atoms with van der Waals surface area (Å²) in [5, 5.41) is 6.76. The van der Waals surface area contributed by atoms with Crippen LogP contribution in [0.1, 0.15) is 52.8 Å². The largest absolute Gasteiger partial charge is 0.458 e. The monoisotopic (exact) mass is 358 g/mol. The van der Waals surface area contributed by atoms with Gasteiger partial charge in [0.15, 0.2) is 11.6 Å². The molecule has 5 rings (SSSR count). The molecule has 138 valence electrons. The maximum Gasteiger partial charge on any atom is 0.343 e. The highest BCUT2D eigenvalue weighted by Gasteiger charge is 2.48. The Hall–Kier alpha value is -2.35. The van der Waals surface area contributed by atoms with Crippen molar-refractivity contribution in [2.75, 3.05) is 13.2 Å². The van der Waals surface area contributed by atoms with E-state index in [0.717, 1.165) is 17.5 Å². The molecule has 1 aliphatic carbocycles. The van der Waals surface area contributed by atoms with Gasteiger partial charge in [0.25, 0.3) is 5.91 Å². The van der Waals surface area contributed by atoms with E-state index in [2.05, 4.69) is 10.2 Å². The van der Waals surface area contributed by atoms with Crippen molar-refractivity contribution in [3.63, 3.8) is 0 Å². The number of hydrogen-bond donors (Lipinski definition) is 1. The van der Waals surface area contributed by atoms with Crippen molar-refractivity contribution >= 4 is 5.91 Å². The Kier molecular flexibility index (Phi) is 3.56. The normalized spacial score (nSPS) is 25.5. The highest BCUT2D eigenvalue weighted by molar-refractivity contribution is 5.93. The fraction of sp³-hybridized carbons (Fsp3) is 0.611. The number of aromatic amines is 1. The number of amides is 1. The van der Waals surface area contributed by atoms with Crippen molar-refractivity contribution in [3.05, 3.63) is 39.5 Å². The summed E-state index contributed by atoms with van der Waals surface area (Å²) in [5.41, 5.74) is 1.67. The second-order valence-electron chi connectivity index (χ2n) is 7.55. The van der Waals surface area contributed by atoms with Crippen LogP contribution in [0.4, 0.5) is 0 Å². The van der Waals surface area contributed by atoms with Crippen LogP contribution in [0.25, 0.3) is 0 Å². The van der Waals surface area contributed by atoms with Crippen LogP contribution >= 0.6 is 0 Å². The molecule has 8 nitrogen and oxygen atoms in total. The molecule has 26 heavy (non-hydrogen) atoms. The van der Waals surface area contributed by atoms with Crippen LogP contribution in [-0.2, 0) is 24.8 Å². The van der Waals surface area contributed by atoms with Crippen molar-refractivity contribution in [2.24, 2.45) is 18.9 Å². The lowest BCUT2D eigenvalue weighted by Gasteiger charge is -2.27. The molecular weight excluding hydrogens is 336 g/mol. The number of ether oxygens (including phenoxy) is 1. The first kappa shape index (κ1) is 15.9. The lowest BCUT2D eigenvalue weighted by Crippen LogP contribution is -2.35. The van der Waals surface area contributed by atoms with E-state index in [1.54, 1.807) is 13.3 Å². The molecule has 8 heteroatoms. The number of fused-ring (bicyclic) bond motifs is 1. The number of rotatable bonds is 3. The minimum atomic E-state index is -0.249. The molecule has 3 aliphatic rings. The first-order valence-corrected chi connectivity index (χ1v) is 9.24. The lowest BCUT2D eigenvalue weighted by atomic mass is 9.94. The van der Waals surface area contributed by atoms with Crippen LogP contribution < -0.4 is 5.69 Å². The van der Waals surface area contributed by atoms with Gasteiger partial charge in [-0.25, -0.2) is 9.89 Å². The molecular formula is C18H22N4O4. The predicted octanol–water partition coefficient (Wildman–Crippen LogP) is 1.39. The number of likely N-dealkylation sites (tertiary alicyclic amines) is 1. The Morgan fingerprint density at radius 2 is 2.19 bits per heavy atom. The minimum Gasteiger partial charge on any atom is -0.458 e. The van der Waals surface area contributed by atoms with Crippen molar-refractivity contribution in [2.45, 2.75) is 38.3 Å². The Bertz CT molecular complexity index is 907. The Labute approximate surface area is 150 Å². The van der Waals surface area contributed by atoms with E-state index in [4.69, 9.17) is 9.15 Å². The van der Waals surface area contributed by atoms with Gasteiger partial charge < -0.3 is 14.1 Å². The lowest BCUT2D eigenvalue weighted by molar-refractivity contribution is 0.0665. The van der Waals surface area contributed by atoms with Crippen molar-refractivity contribution < 1.29 is 13.9 Å². The van der Waals surface area contributed by atoms with Crippen LogP contribution in [0, 0.1) is 11.8 Å². The van der Waals surface area contributed by atoms with Gasteiger partial charge in [-0.2, -0.15) is 5.10 Å². The summed E-state index contributed by atoms with van der Waals surface area (Å²) in [6.45, 7) is 1.76. The highest BCUT2D eigenvalue weighted by atomic mass is 16.5. The molecule has 0 bridgehead atoms. The van der Waals surface area contributed by atoms with Crippen molar-refractivity contribution in [1.29, 1.82) is 0 Å². The number of carbonyl (C=O) groups is 1. The van der Waals surface area contributed by atoms with Crippen LogP contribution in [0.2, 0.25) is 0 Å². The average molecular weight is 358 g/mol. The van der Waals surface area contributed by atoms with Crippen LogP contribution in [-0.4, -0.2) is 38.7 Å². The number of H-pyrrole nitrogens is 1. The van der Waals surface area contributed by atoms with Gasteiger partial charge in [0.05, 0.1) is 25.5 Å². The van der Waals surface area contributed by atoms with E-state index in [-0.39, 0.29) is 17.6 Å². The quantitative estimate of drug-likeness (QED) is 0.895. The van der Waals surface area contributed by atoms with Gasteiger partial charge >= 0.3 is 5.69 Å². The van der Waals surface area contributed by atoms with Gasteiger partial charge in [0.1, 0.15) is 0 Å². The zero-order valence-electron chi connectivity index (χ0n) is 14.7. The minimum absolute atomic E-state index is 0.100. The molecule has 0 spiro atoms. The van der Waals surface area contributed by atoms with Crippen LogP contribution in [0.3, 0.4) is 0 Å². The Morgan fingerprint density at radius 1 is 1.35 bits per heavy atom. The molecule has 2 atom stereocenters. The molecule has 2 aromatic heterocycles. The molecule has 2 unspecified atom stereocenters. The van der Waals surface area contributed by atoms with Crippen molar-refractivity contribution in [1.82, 2.24) is 19.7 Å². The molecule has 1 saturated heterocycles. The molecule has 1 N–H and O–H groups in total. The number of hydrogen-bond acceptors (Lipinski definition) is 5. The second-order valence-corrected chi connectivity index (χ2v) is 7.55. The molecule has 2 aliphatic heterocycles. The Balaban J connectivity index is 1.52. The number of carbonyl (C=O) groups excluding carboxylic acids is 1. The second kappa shape index (κ2) is 5.84. The standard InChI is InChI=1S/C18H22N4O4/c1-21-16(19-20-18(21)24)14-12(10-2-3-10)4-6-22(14)17(23)15-13-5-7-25-8-11(13)9-26-15/h9-10,12,14H,2-8H2,1H3,(H,20,24). The molecule has 1 saturated carbocycles. The summed E-state index contributed by atoms with van der Waals surface area (Å²) in [5.74, 6) is 1.93. The van der Waals surface area contributed by atoms with Gasteiger partial charge in [-0.1, -0.05) is 0 Å². The van der Waals surface area contributed by atoms with E-state index < -0.39 is 0 Å². The summed E-state index contributed by atoms with van der Waals surface area (Å²) >= 11 is 0. The highest BCUT2D eigenvalue weighted by Crippen LogP contribution is 2.50. The average Bonchev–Trinajstić information content (AvgIpc) is 3.12. The molecule has 2 fully saturated rings. The number of furan rings is 1. The van der Waals surface area contributed by atoms with Crippen LogP contribution in [0.5, 0.6) is 0 Å². The molecule has 4 heterocycles. The van der Waals surface area contributed by atoms with E-state index in [1.807, 2.05) is 4.90 Å². The number of nitrogens with zero attached hydrogens (tertiary/aromatic N) is 3. The molecule has 2 aromatic rings. The molecule has 1 amide bonds. The zero-order valence-corrected chi connectivity index (χ0v) is 14.7. The number of aromatic nitrogens is 3. The summed E-state index contributed by atoms with van der Waals surface area (Å²) in [6, 6.07) is -0.181. The van der Waals surface area contributed by atoms with E-state index in [0.29, 0.717) is 49.6 Å². The third-order valence-corrected chi connectivity index (χ3v) is 6.04. The van der Waals surface area contributed by atoms with Gasteiger partial charge in [-0.05, 0) is 31.1 Å². The fourth-order valence-electron chi connectivity index (χ4n) is 4.50. The number of nitrogens with one attached hydrogen (secondary N) is 1. The molecule has 0 radical (unpaired) electrons. The first-order chi connectivity index (χ1) is 12.6. The SMILES string of the molecule is Cn1c(C2C(C3CC3)CCN2C(=O)c2occ3c2CCOC3)n[nH]c1=O. The predicted molar refractivity (Wildman–Crippen MR) is 90.5 cm³/mol. The fourth-order valence-corrected chi connectivity index (χ4v) is 4.50. The van der Waals surface area contributed by atoms with Gasteiger partial charge in [0.2, 0.25) is 0 Å². The maximum absolute atomic E-state index is 13.3. The van der Waals surface area contributed by atoms with E-state index in [1.165, 1.54) is 17.4 Å². The maximum atomic E-state index is 13.3. The third-order valence-electron chi connectivity index (χ3n) is 6.04. The smallest absolute Gasteiger partial charge is 0.343 e. The van der Waals surface area contributed by atoms with Gasteiger partial charge in [-0.15, -0.1) is 0 Å². The summed E-state index contributed by atoms with van der Waals surface area (Å²) < 4.78 is 12.6. The van der Waals surface area contributed by atoms with Gasteiger partial charge in [-0.3, -0.25) is 9.36 Å². The topological polar surface area (TPSA) is 93.4 Å². The summed E-state index contributed by atoms with van der Waals surface area (Å²) in [7, 11) is 1.71. The summed E-state index contributed by atoms with van der Waals surface area (Å²) in [4.78, 5) is 27.1. The zero-order chi connectivity index (χ0) is 17.8.